The van der Waals surface area contributed by atoms with Gasteiger partial charge in [0.15, 0.2) is 5.79 Å². The van der Waals surface area contributed by atoms with Crippen molar-refractivity contribution in [1.29, 1.82) is 0 Å². The van der Waals surface area contributed by atoms with Gasteiger partial charge in [0.25, 0.3) is 0 Å². The molecule has 0 unspecified atom stereocenters. The minimum Gasteiger partial charge on any atom is -0.393 e. The first-order valence-corrected chi connectivity index (χ1v) is 10.4. The van der Waals surface area contributed by atoms with E-state index in [2.05, 4.69) is 13.8 Å². The molecule has 7 atom stereocenters. The molecule has 3 heteroatoms. The molecular weight excluding hydrogens is 300 g/mol. The fourth-order valence-corrected chi connectivity index (χ4v) is 7.93. The van der Waals surface area contributed by atoms with Crippen LogP contribution in [-0.4, -0.2) is 30.2 Å². The summed E-state index contributed by atoms with van der Waals surface area (Å²) in [4.78, 5) is 0. The molecule has 4 saturated carbocycles. The second-order valence-corrected chi connectivity index (χ2v) is 10.1. The molecule has 0 aromatic heterocycles. The molecule has 5 fully saturated rings. The van der Waals surface area contributed by atoms with Gasteiger partial charge in [-0.25, -0.2) is 0 Å². The zero-order chi connectivity index (χ0) is 16.6. The number of rotatable bonds is 0. The summed E-state index contributed by atoms with van der Waals surface area (Å²) in [5, 5.41) is 10.6. The molecule has 0 aromatic carbocycles. The minimum absolute atomic E-state index is 0.0520. The molecule has 5 aliphatic rings. The Morgan fingerprint density at radius 1 is 0.792 bits per heavy atom. The molecule has 1 N–H and O–H groups in total. The van der Waals surface area contributed by atoms with Crippen LogP contribution in [0.25, 0.3) is 0 Å². The van der Waals surface area contributed by atoms with Crippen LogP contribution in [0.3, 0.4) is 0 Å². The molecule has 3 nitrogen and oxygen atoms in total. The van der Waals surface area contributed by atoms with Crippen LogP contribution >= 0.6 is 0 Å². The summed E-state index contributed by atoms with van der Waals surface area (Å²) in [5.74, 6) is 3.00. The van der Waals surface area contributed by atoms with E-state index in [4.69, 9.17) is 9.47 Å². The number of aliphatic hydroxyl groups is 1. The highest BCUT2D eigenvalue weighted by molar-refractivity contribution is 5.10. The van der Waals surface area contributed by atoms with E-state index in [1.165, 1.54) is 38.5 Å². The lowest BCUT2D eigenvalue weighted by atomic mass is 9.45. The maximum Gasteiger partial charge on any atom is 0.168 e. The van der Waals surface area contributed by atoms with Gasteiger partial charge in [-0.1, -0.05) is 13.8 Å². The first kappa shape index (κ1) is 16.1. The van der Waals surface area contributed by atoms with Gasteiger partial charge in [0.05, 0.1) is 19.3 Å². The first-order chi connectivity index (χ1) is 11.5. The van der Waals surface area contributed by atoms with E-state index < -0.39 is 0 Å². The largest absolute Gasteiger partial charge is 0.393 e. The van der Waals surface area contributed by atoms with Crippen molar-refractivity contribution in [1.82, 2.24) is 0 Å². The topological polar surface area (TPSA) is 38.7 Å². The van der Waals surface area contributed by atoms with Crippen molar-refractivity contribution < 1.29 is 14.6 Å². The second kappa shape index (κ2) is 5.20. The summed E-state index contributed by atoms with van der Waals surface area (Å²) < 4.78 is 12.1. The summed E-state index contributed by atoms with van der Waals surface area (Å²) in [7, 11) is 0. The smallest absolute Gasteiger partial charge is 0.168 e. The molecule has 136 valence electrons. The Hall–Kier alpha value is -0.120. The third kappa shape index (κ3) is 2.01. The van der Waals surface area contributed by atoms with Gasteiger partial charge in [0, 0.05) is 12.8 Å². The first-order valence-electron chi connectivity index (χ1n) is 10.4. The van der Waals surface area contributed by atoms with Gasteiger partial charge in [-0.2, -0.15) is 0 Å². The summed E-state index contributed by atoms with van der Waals surface area (Å²) in [6, 6.07) is 0. The molecule has 1 aliphatic heterocycles. The van der Waals surface area contributed by atoms with Crippen LogP contribution in [0.4, 0.5) is 0 Å². The van der Waals surface area contributed by atoms with Crippen molar-refractivity contribution in [3.05, 3.63) is 0 Å². The van der Waals surface area contributed by atoms with Crippen LogP contribution in [0.1, 0.15) is 71.6 Å². The number of aliphatic hydroxyl groups excluding tert-OH is 1. The highest BCUT2D eigenvalue weighted by Gasteiger charge is 2.61. The molecule has 5 rings (SSSR count). The van der Waals surface area contributed by atoms with Crippen LogP contribution in [0.15, 0.2) is 0 Å². The van der Waals surface area contributed by atoms with E-state index in [0.717, 1.165) is 56.1 Å². The Kier molecular flexibility index (Phi) is 3.49. The minimum atomic E-state index is -0.232. The fourth-order valence-electron chi connectivity index (χ4n) is 7.93. The number of ether oxygens (including phenoxy) is 2. The van der Waals surface area contributed by atoms with Gasteiger partial charge in [-0.3, -0.25) is 0 Å². The summed E-state index contributed by atoms with van der Waals surface area (Å²) in [6.45, 7) is 6.54. The Bertz CT molecular complexity index is 513. The van der Waals surface area contributed by atoms with E-state index in [9.17, 15) is 5.11 Å². The van der Waals surface area contributed by atoms with E-state index in [1.54, 1.807) is 0 Å². The fraction of sp³-hybridized carbons (Fsp3) is 1.00. The summed E-state index contributed by atoms with van der Waals surface area (Å²) in [5.41, 5.74) is 0.677. The van der Waals surface area contributed by atoms with E-state index >= 15 is 0 Å². The zero-order valence-corrected chi connectivity index (χ0v) is 15.4. The lowest BCUT2D eigenvalue weighted by Gasteiger charge is -2.61. The van der Waals surface area contributed by atoms with Crippen LogP contribution in [-0.2, 0) is 9.47 Å². The van der Waals surface area contributed by atoms with Crippen LogP contribution in [0.5, 0.6) is 0 Å². The molecule has 0 amide bonds. The Balaban J connectivity index is 1.41. The second-order valence-electron chi connectivity index (χ2n) is 10.1. The normalized spacial score (nSPS) is 55.9. The predicted molar refractivity (Wildman–Crippen MR) is 92.4 cm³/mol. The number of hydrogen-bond donors (Lipinski definition) is 1. The van der Waals surface area contributed by atoms with Crippen molar-refractivity contribution >= 4 is 0 Å². The SMILES string of the molecule is C[C@@]12CC[C@H]3[C@@H](CC[C@@H]4CC5(CC[C@]43C)OCCO5)[C@H]1CC[C@H]2O. The Morgan fingerprint density at radius 2 is 1.54 bits per heavy atom. The standard InChI is InChI=1S/C21H34O3/c1-19-9-10-21(23-11-12-24-21)13-14(19)3-4-15-16-5-6-18(22)20(16,2)8-7-17(15)19/h14-18,22H,3-13H2,1-2H3/t14-,15+,16-,17+,18-,19-,20-/m1/s1. The van der Waals surface area contributed by atoms with Crippen molar-refractivity contribution in [2.75, 3.05) is 13.2 Å². The highest BCUT2D eigenvalue weighted by Crippen LogP contribution is 2.67. The van der Waals surface area contributed by atoms with Crippen molar-refractivity contribution in [3.63, 3.8) is 0 Å². The molecule has 0 radical (unpaired) electrons. The van der Waals surface area contributed by atoms with Crippen molar-refractivity contribution in [2.24, 2.45) is 34.5 Å². The van der Waals surface area contributed by atoms with E-state index in [1.807, 2.05) is 0 Å². The molecule has 1 spiro atoms. The van der Waals surface area contributed by atoms with Gasteiger partial charge >= 0.3 is 0 Å². The van der Waals surface area contributed by atoms with Crippen LogP contribution in [0, 0.1) is 34.5 Å². The monoisotopic (exact) mass is 334 g/mol. The van der Waals surface area contributed by atoms with Gasteiger partial charge < -0.3 is 14.6 Å². The maximum atomic E-state index is 10.6. The lowest BCUT2D eigenvalue weighted by Crippen LogP contribution is -2.56. The van der Waals surface area contributed by atoms with Gasteiger partial charge in [0.1, 0.15) is 0 Å². The van der Waals surface area contributed by atoms with E-state index in [0.29, 0.717) is 5.41 Å². The quantitative estimate of drug-likeness (QED) is 0.724. The zero-order valence-electron chi connectivity index (χ0n) is 15.4. The molecule has 0 aromatic rings. The van der Waals surface area contributed by atoms with Crippen LogP contribution in [0.2, 0.25) is 0 Å². The van der Waals surface area contributed by atoms with E-state index in [-0.39, 0.29) is 17.3 Å². The molecule has 1 heterocycles. The molecule has 0 bridgehead atoms. The average Bonchev–Trinajstić information content (AvgIpc) is 3.14. The average molecular weight is 334 g/mol. The van der Waals surface area contributed by atoms with Crippen molar-refractivity contribution in [3.8, 4) is 0 Å². The molecular formula is C21H34O3. The summed E-state index contributed by atoms with van der Waals surface area (Å²) >= 11 is 0. The molecule has 24 heavy (non-hydrogen) atoms. The molecule has 4 aliphatic carbocycles. The van der Waals surface area contributed by atoms with Gasteiger partial charge in [-0.05, 0) is 79.4 Å². The third-order valence-electron chi connectivity index (χ3n) is 9.43. The number of hydrogen-bond acceptors (Lipinski definition) is 3. The number of fused-ring (bicyclic) bond motifs is 5. The maximum absolute atomic E-state index is 10.6. The lowest BCUT2D eigenvalue weighted by molar-refractivity contribution is -0.230. The predicted octanol–water partition coefficient (Wildman–Crippen LogP) is 4.13. The van der Waals surface area contributed by atoms with Crippen molar-refractivity contribution in [2.45, 2.75) is 83.5 Å². The van der Waals surface area contributed by atoms with Crippen LogP contribution < -0.4 is 0 Å². The highest BCUT2D eigenvalue weighted by atomic mass is 16.7. The third-order valence-corrected chi connectivity index (χ3v) is 9.43. The van der Waals surface area contributed by atoms with Gasteiger partial charge in [-0.15, -0.1) is 0 Å². The van der Waals surface area contributed by atoms with Gasteiger partial charge in [0.2, 0.25) is 0 Å². The Labute approximate surface area is 146 Å². The Morgan fingerprint density at radius 3 is 2.33 bits per heavy atom. The molecule has 1 saturated heterocycles. The summed E-state index contributed by atoms with van der Waals surface area (Å²) in [6.07, 6.45) is 11.0.